The fourth-order valence-electron chi connectivity index (χ4n) is 1.34. The molecular formula is C12H6Cl2F. The maximum absolute atomic E-state index is 13.7. The molecule has 0 N–H and O–H groups in total. The molecule has 0 saturated heterocycles. The summed E-state index contributed by atoms with van der Waals surface area (Å²) in [5.74, 6) is -0.458. The zero-order chi connectivity index (χ0) is 10.8. The van der Waals surface area contributed by atoms with Gasteiger partial charge in [0, 0.05) is 17.2 Å². The molecule has 0 bridgehead atoms. The summed E-state index contributed by atoms with van der Waals surface area (Å²) in [6, 6.07) is 12.8. The SMILES string of the molecule is Fc1c(Cl)cccc1-c1ccc[c]c1Cl. The van der Waals surface area contributed by atoms with Gasteiger partial charge in [0.25, 0.3) is 0 Å². The fraction of sp³-hybridized carbons (Fsp3) is 0. The lowest BCUT2D eigenvalue weighted by Crippen LogP contribution is -1.86. The van der Waals surface area contributed by atoms with E-state index in [1.54, 1.807) is 30.3 Å². The normalized spacial score (nSPS) is 10.3. The second-order valence-electron chi connectivity index (χ2n) is 3.00. The van der Waals surface area contributed by atoms with E-state index >= 15 is 0 Å². The molecule has 0 aromatic heterocycles. The first-order valence-corrected chi connectivity index (χ1v) is 5.06. The zero-order valence-corrected chi connectivity index (χ0v) is 9.11. The van der Waals surface area contributed by atoms with E-state index in [0.717, 1.165) is 0 Å². The van der Waals surface area contributed by atoms with Crippen LogP contribution >= 0.6 is 23.2 Å². The van der Waals surface area contributed by atoms with Crippen LogP contribution in [0.5, 0.6) is 0 Å². The average Bonchev–Trinajstić information content (AvgIpc) is 2.23. The summed E-state index contributed by atoms with van der Waals surface area (Å²) in [6.07, 6.45) is 0. The van der Waals surface area contributed by atoms with Crippen LogP contribution in [0.25, 0.3) is 11.1 Å². The third kappa shape index (κ3) is 1.99. The first kappa shape index (κ1) is 10.5. The van der Waals surface area contributed by atoms with E-state index in [0.29, 0.717) is 16.1 Å². The Balaban J connectivity index is 2.65. The van der Waals surface area contributed by atoms with Gasteiger partial charge in [-0.05, 0) is 6.07 Å². The van der Waals surface area contributed by atoms with Gasteiger partial charge in [0.05, 0.1) is 10.0 Å². The molecule has 0 nitrogen and oxygen atoms in total. The molecule has 15 heavy (non-hydrogen) atoms. The van der Waals surface area contributed by atoms with Crippen molar-refractivity contribution in [3.63, 3.8) is 0 Å². The Hall–Kier alpha value is -1.05. The van der Waals surface area contributed by atoms with Crippen LogP contribution in [0.2, 0.25) is 10.0 Å². The Kier molecular flexibility index (Phi) is 2.94. The Morgan fingerprint density at radius 2 is 1.73 bits per heavy atom. The quantitative estimate of drug-likeness (QED) is 0.683. The van der Waals surface area contributed by atoms with Crippen molar-refractivity contribution in [2.24, 2.45) is 0 Å². The molecule has 2 aromatic carbocycles. The summed E-state index contributed by atoms with van der Waals surface area (Å²) in [5, 5.41) is 0.478. The van der Waals surface area contributed by atoms with Crippen LogP contribution in [0, 0.1) is 11.9 Å². The van der Waals surface area contributed by atoms with E-state index in [9.17, 15) is 4.39 Å². The van der Waals surface area contributed by atoms with Crippen LogP contribution in [-0.2, 0) is 0 Å². The highest BCUT2D eigenvalue weighted by Crippen LogP contribution is 2.31. The van der Waals surface area contributed by atoms with Gasteiger partial charge in [0.15, 0.2) is 0 Å². The molecule has 0 amide bonds. The zero-order valence-electron chi connectivity index (χ0n) is 7.60. The van der Waals surface area contributed by atoms with Gasteiger partial charge in [-0.25, -0.2) is 4.39 Å². The van der Waals surface area contributed by atoms with Gasteiger partial charge in [0.2, 0.25) is 0 Å². The minimum Gasteiger partial charge on any atom is -0.205 e. The van der Waals surface area contributed by atoms with Gasteiger partial charge < -0.3 is 0 Å². The summed E-state index contributed by atoms with van der Waals surface area (Å²) in [6.45, 7) is 0. The second kappa shape index (κ2) is 4.21. The molecule has 0 atom stereocenters. The predicted octanol–water partition coefficient (Wildman–Crippen LogP) is 4.60. The van der Waals surface area contributed by atoms with E-state index in [1.807, 2.05) is 0 Å². The van der Waals surface area contributed by atoms with Gasteiger partial charge in [0.1, 0.15) is 5.82 Å². The minimum absolute atomic E-state index is 0.0902. The summed E-state index contributed by atoms with van der Waals surface area (Å²) >= 11 is 11.6. The summed E-state index contributed by atoms with van der Waals surface area (Å²) in [5.41, 5.74) is 0.989. The maximum Gasteiger partial charge on any atom is 0.149 e. The van der Waals surface area contributed by atoms with Gasteiger partial charge in [-0.15, -0.1) is 0 Å². The number of rotatable bonds is 1. The van der Waals surface area contributed by atoms with Crippen LogP contribution in [0.1, 0.15) is 0 Å². The summed E-state index contributed by atoms with van der Waals surface area (Å²) in [4.78, 5) is 0. The highest BCUT2D eigenvalue weighted by Gasteiger charge is 2.10. The first-order valence-electron chi connectivity index (χ1n) is 4.30. The van der Waals surface area contributed by atoms with Crippen molar-refractivity contribution in [3.05, 3.63) is 58.3 Å². The molecule has 0 spiro atoms. The van der Waals surface area contributed by atoms with Gasteiger partial charge in [-0.2, -0.15) is 0 Å². The lowest BCUT2D eigenvalue weighted by Gasteiger charge is -2.05. The Labute approximate surface area is 97.3 Å². The maximum atomic E-state index is 13.7. The van der Waals surface area contributed by atoms with Gasteiger partial charge in [-0.1, -0.05) is 53.5 Å². The molecule has 0 unspecified atom stereocenters. The Bertz CT molecular complexity index is 495. The predicted molar refractivity (Wildman–Crippen MR) is 60.7 cm³/mol. The molecule has 1 radical (unpaired) electrons. The first-order chi connectivity index (χ1) is 7.20. The molecule has 0 fully saturated rings. The van der Waals surface area contributed by atoms with E-state index in [2.05, 4.69) is 6.07 Å². The standard InChI is InChI=1S/C12H6Cl2F/c13-10-6-2-1-4-8(10)9-5-3-7-11(14)12(9)15/h1-5,7H. The highest BCUT2D eigenvalue weighted by molar-refractivity contribution is 6.33. The van der Waals surface area contributed by atoms with Crippen molar-refractivity contribution >= 4 is 23.2 Å². The van der Waals surface area contributed by atoms with E-state index in [1.165, 1.54) is 6.07 Å². The molecule has 75 valence electrons. The second-order valence-corrected chi connectivity index (χ2v) is 3.78. The number of benzene rings is 2. The third-order valence-corrected chi connectivity index (χ3v) is 2.65. The molecule has 0 aliphatic carbocycles. The van der Waals surface area contributed by atoms with Crippen LogP contribution in [-0.4, -0.2) is 0 Å². The van der Waals surface area contributed by atoms with E-state index in [-0.39, 0.29) is 5.02 Å². The number of hydrogen-bond acceptors (Lipinski definition) is 0. The van der Waals surface area contributed by atoms with E-state index < -0.39 is 5.82 Å². The minimum atomic E-state index is -0.458. The van der Waals surface area contributed by atoms with Crippen molar-refractivity contribution in [3.8, 4) is 11.1 Å². The number of halogens is 3. The molecule has 0 saturated carbocycles. The Morgan fingerprint density at radius 1 is 1.00 bits per heavy atom. The van der Waals surface area contributed by atoms with Crippen molar-refractivity contribution < 1.29 is 4.39 Å². The van der Waals surface area contributed by atoms with Gasteiger partial charge >= 0.3 is 0 Å². The lowest BCUT2D eigenvalue weighted by atomic mass is 10.1. The molecular weight excluding hydrogens is 234 g/mol. The Morgan fingerprint density at radius 3 is 2.47 bits per heavy atom. The topological polar surface area (TPSA) is 0 Å². The highest BCUT2D eigenvalue weighted by atomic mass is 35.5. The number of hydrogen-bond donors (Lipinski definition) is 0. The molecule has 0 aliphatic heterocycles. The largest absolute Gasteiger partial charge is 0.205 e. The fourth-order valence-corrected chi connectivity index (χ4v) is 1.74. The molecule has 2 aromatic rings. The average molecular weight is 240 g/mol. The van der Waals surface area contributed by atoms with Gasteiger partial charge in [-0.3, -0.25) is 0 Å². The molecule has 0 aliphatic rings. The molecule has 0 heterocycles. The molecule has 3 heteroatoms. The summed E-state index contributed by atoms with van der Waals surface area (Å²) in [7, 11) is 0. The third-order valence-electron chi connectivity index (χ3n) is 2.05. The summed E-state index contributed by atoms with van der Waals surface area (Å²) < 4.78 is 13.7. The lowest BCUT2D eigenvalue weighted by molar-refractivity contribution is 0.632. The van der Waals surface area contributed by atoms with Crippen LogP contribution < -0.4 is 0 Å². The van der Waals surface area contributed by atoms with Crippen LogP contribution in [0.15, 0.2) is 36.4 Å². The van der Waals surface area contributed by atoms with Crippen LogP contribution in [0.3, 0.4) is 0 Å². The van der Waals surface area contributed by atoms with E-state index in [4.69, 9.17) is 23.2 Å². The van der Waals surface area contributed by atoms with Crippen molar-refractivity contribution in [1.29, 1.82) is 0 Å². The monoisotopic (exact) mass is 239 g/mol. The van der Waals surface area contributed by atoms with Crippen molar-refractivity contribution in [2.45, 2.75) is 0 Å². The molecule has 2 rings (SSSR count). The van der Waals surface area contributed by atoms with Crippen molar-refractivity contribution in [1.82, 2.24) is 0 Å². The van der Waals surface area contributed by atoms with Crippen molar-refractivity contribution in [2.75, 3.05) is 0 Å². The van der Waals surface area contributed by atoms with Crippen LogP contribution in [0.4, 0.5) is 4.39 Å². The smallest absolute Gasteiger partial charge is 0.149 e.